The number of rotatable bonds is 3. The van der Waals surface area contributed by atoms with Crippen LogP contribution in [0.3, 0.4) is 0 Å². The number of hydrogen-bond acceptors (Lipinski definition) is 3. The van der Waals surface area contributed by atoms with E-state index in [2.05, 4.69) is 21.8 Å². The largest absolute Gasteiger partial charge is 0.357 e. The third-order valence-electron chi connectivity index (χ3n) is 5.51. The lowest BCUT2D eigenvalue weighted by atomic mass is 10.2. The van der Waals surface area contributed by atoms with Gasteiger partial charge in [-0.15, -0.1) is 0 Å². The number of likely N-dealkylation sites (tertiary alicyclic amines) is 1. The topological polar surface area (TPSA) is 36.4 Å². The Morgan fingerprint density at radius 1 is 1.33 bits per heavy atom. The smallest absolute Gasteiger partial charge is 0.254 e. The molecule has 112 valence electrons. The van der Waals surface area contributed by atoms with E-state index in [1.807, 2.05) is 12.1 Å². The van der Waals surface area contributed by atoms with Gasteiger partial charge in [-0.05, 0) is 43.7 Å². The summed E-state index contributed by atoms with van der Waals surface area (Å²) < 4.78 is 0. The zero-order valence-electron chi connectivity index (χ0n) is 12.7. The fourth-order valence-electron chi connectivity index (χ4n) is 4.04. The summed E-state index contributed by atoms with van der Waals surface area (Å²) in [4.78, 5) is 21.5. The Morgan fingerprint density at radius 2 is 2.14 bits per heavy atom. The van der Waals surface area contributed by atoms with Gasteiger partial charge in [-0.25, -0.2) is 4.98 Å². The molecule has 3 fully saturated rings. The van der Waals surface area contributed by atoms with Crippen molar-refractivity contribution in [1.82, 2.24) is 9.88 Å². The van der Waals surface area contributed by atoms with Gasteiger partial charge in [0.2, 0.25) is 0 Å². The Kier molecular flexibility index (Phi) is 3.12. The Labute approximate surface area is 126 Å². The Bertz CT molecular complexity index is 553. The van der Waals surface area contributed by atoms with Crippen molar-refractivity contribution in [3.63, 3.8) is 0 Å². The molecule has 3 aliphatic rings. The predicted octanol–water partition coefficient (Wildman–Crippen LogP) is 2.69. The number of amides is 1. The van der Waals surface area contributed by atoms with E-state index in [0.717, 1.165) is 23.8 Å². The highest BCUT2D eigenvalue weighted by molar-refractivity contribution is 5.95. The first-order chi connectivity index (χ1) is 10.2. The summed E-state index contributed by atoms with van der Waals surface area (Å²) in [6.07, 6.45) is 9.30. The highest BCUT2D eigenvalue weighted by Gasteiger charge is 2.48. The van der Waals surface area contributed by atoms with Crippen LogP contribution in [-0.4, -0.2) is 41.5 Å². The Hall–Kier alpha value is -1.58. The molecule has 2 aliphatic carbocycles. The molecule has 1 aromatic rings. The first-order valence-corrected chi connectivity index (χ1v) is 8.24. The highest BCUT2D eigenvalue weighted by atomic mass is 16.2. The van der Waals surface area contributed by atoms with E-state index in [1.54, 1.807) is 6.20 Å². The molecule has 1 aromatic heterocycles. The van der Waals surface area contributed by atoms with Gasteiger partial charge < -0.3 is 9.80 Å². The molecule has 0 N–H and O–H groups in total. The van der Waals surface area contributed by atoms with Gasteiger partial charge in [0.05, 0.1) is 0 Å². The molecule has 0 bridgehead atoms. The summed E-state index contributed by atoms with van der Waals surface area (Å²) >= 11 is 0. The van der Waals surface area contributed by atoms with Crippen molar-refractivity contribution in [2.75, 3.05) is 18.5 Å². The molecule has 4 nitrogen and oxygen atoms in total. The molecule has 21 heavy (non-hydrogen) atoms. The van der Waals surface area contributed by atoms with Crippen LogP contribution < -0.4 is 4.90 Å². The first-order valence-electron chi connectivity index (χ1n) is 8.24. The number of piperidine rings is 1. The van der Waals surface area contributed by atoms with Crippen LogP contribution in [0.25, 0.3) is 0 Å². The second-order valence-corrected chi connectivity index (χ2v) is 6.80. The minimum Gasteiger partial charge on any atom is -0.357 e. The van der Waals surface area contributed by atoms with Gasteiger partial charge in [-0.1, -0.05) is 12.8 Å². The Balaban J connectivity index is 1.53. The third-order valence-corrected chi connectivity index (χ3v) is 5.51. The highest BCUT2D eigenvalue weighted by Crippen LogP contribution is 2.44. The number of fused-ring (bicyclic) bond motifs is 1. The standard InChI is InChI=1S/C17H23N3O/c1-19(14-4-2-3-5-14)16-11-13(6-8-18-16)17(21)20-9-7-12-10-15(12)20/h6,8,11-12,14-15H,2-5,7,9-10H2,1H3. The fraction of sp³-hybridized carbons (Fsp3) is 0.647. The van der Waals surface area contributed by atoms with Gasteiger partial charge in [0.15, 0.2) is 0 Å². The quantitative estimate of drug-likeness (QED) is 0.856. The molecule has 0 aromatic carbocycles. The second kappa shape index (κ2) is 5.00. The van der Waals surface area contributed by atoms with E-state index >= 15 is 0 Å². The second-order valence-electron chi connectivity index (χ2n) is 6.80. The van der Waals surface area contributed by atoms with E-state index in [1.165, 1.54) is 38.5 Å². The van der Waals surface area contributed by atoms with E-state index in [0.29, 0.717) is 12.1 Å². The number of anilines is 1. The number of aromatic nitrogens is 1. The van der Waals surface area contributed by atoms with Crippen molar-refractivity contribution in [2.24, 2.45) is 5.92 Å². The van der Waals surface area contributed by atoms with E-state index < -0.39 is 0 Å². The predicted molar refractivity (Wildman–Crippen MR) is 82.4 cm³/mol. The molecule has 2 saturated carbocycles. The summed E-state index contributed by atoms with van der Waals surface area (Å²) in [7, 11) is 2.11. The summed E-state index contributed by atoms with van der Waals surface area (Å²) in [6, 6.07) is 4.96. The number of hydrogen-bond donors (Lipinski definition) is 0. The average Bonchev–Trinajstić information content (AvgIpc) is 2.94. The van der Waals surface area contributed by atoms with Gasteiger partial charge in [0, 0.05) is 37.4 Å². The minimum absolute atomic E-state index is 0.198. The zero-order chi connectivity index (χ0) is 14.4. The SMILES string of the molecule is CN(c1cc(C(=O)N2CCC3CC32)ccn1)C1CCCC1. The average molecular weight is 285 g/mol. The van der Waals surface area contributed by atoms with Crippen LogP contribution in [0.1, 0.15) is 48.9 Å². The number of pyridine rings is 1. The molecule has 2 atom stereocenters. The molecule has 0 radical (unpaired) electrons. The van der Waals surface area contributed by atoms with Crippen LogP contribution in [0.5, 0.6) is 0 Å². The van der Waals surface area contributed by atoms with E-state index in [4.69, 9.17) is 0 Å². The normalized spacial score (nSPS) is 27.8. The molecule has 0 spiro atoms. The van der Waals surface area contributed by atoms with Crippen molar-refractivity contribution in [2.45, 2.75) is 50.6 Å². The maximum atomic E-state index is 12.7. The maximum Gasteiger partial charge on any atom is 0.254 e. The summed E-state index contributed by atoms with van der Waals surface area (Å²) in [6.45, 7) is 0.935. The molecule has 4 heteroatoms. The van der Waals surface area contributed by atoms with Crippen LogP contribution in [0.15, 0.2) is 18.3 Å². The van der Waals surface area contributed by atoms with Gasteiger partial charge >= 0.3 is 0 Å². The van der Waals surface area contributed by atoms with E-state index in [-0.39, 0.29) is 5.91 Å². The van der Waals surface area contributed by atoms with Crippen molar-refractivity contribution < 1.29 is 4.79 Å². The van der Waals surface area contributed by atoms with Crippen molar-refractivity contribution >= 4 is 11.7 Å². The van der Waals surface area contributed by atoms with E-state index in [9.17, 15) is 4.79 Å². The summed E-state index contributed by atoms with van der Waals surface area (Å²) in [5.41, 5.74) is 0.803. The lowest BCUT2D eigenvalue weighted by Gasteiger charge is -2.26. The Morgan fingerprint density at radius 3 is 2.81 bits per heavy atom. The number of carbonyl (C=O) groups is 1. The lowest BCUT2D eigenvalue weighted by molar-refractivity contribution is 0.0768. The molecule has 1 saturated heterocycles. The van der Waals surface area contributed by atoms with Crippen molar-refractivity contribution in [3.8, 4) is 0 Å². The number of nitrogens with zero attached hydrogens (tertiary/aromatic N) is 3. The molecule has 1 aliphatic heterocycles. The monoisotopic (exact) mass is 285 g/mol. The van der Waals surface area contributed by atoms with Gasteiger partial charge in [-0.3, -0.25) is 4.79 Å². The summed E-state index contributed by atoms with van der Waals surface area (Å²) in [5, 5.41) is 0. The molecular formula is C17H23N3O. The number of carbonyl (C=O) groups excluding carboxylic acids is 1. The first kappa shape index (κ1) is 13.1. The van der Waals surface area contributed by atoms with Gasteiger partial charge in [-0.2, -0.15) is 0 Å². The van der Waals surface area contributed by atoms with Crippen LogP contribution in [0.2, 0.25) is 0 Å². The third kappa shape index (κ3) is 2.30. The molecule has 2 unspecified atom stereocenters. The van der Waals surface area contributed by atoms with Crippen molar-refractivity contribution in [3.05, 3.63) is 23.9 Å². The molecular weight excluding hydrogens is 262 g/mol. The van der Waals surface area contributed by atoms with Crippen LogP contribution >= 0.6 is 0 Å². The van der Waals surface area contributed by atoms with Gasteiger partial charge in [0.25, 0.3) is 5.91 Å². The maximum absolute atomic E-state index is 12.7. The minimum atomic E-state index is 0.198. The van der Waals surface area contributed by atoms with Crippen LogP contribution in [0.4, 0.5) is 5.82 Å². The van der Waals surface area contributed by atoms with Crippen molar-refractivity contribution in [1.29, 1.82) is 0 Å². The molecule has 1 amide bonds. The van der Waals surface area contributed by atoms with Gasteiger partial charge in [0.1, 0.15) is 5.82 Å². The zero-order valence-corrected chi connectivity index (χ0v) is 12.7. The van der Waals surface area contributed by atoms with Crippen LogP contribution in [0, 0.1) is 5.92 Å². The molecule has 4 rings (SSSR count). The lowest BCUT2D eigenvalue weighted by Crippen LogP contribution is -2.32. The van der Waals surface area contributed by atoms with Crippen LogP contribution in [-0.2, 0) is 0 Å². The summed E-state index contributed by atoms with van der Waals surface area (Å²) in [5.74, 6) is 1.93. The fourth-order valence-corrected chi connectivity index (χ4v) is 4.04. The molecule has 2 heterocycles.